The zero-order valence-electron chi connectivity index (χ0n) is 13.6. The highest BCUT2D eigenvalue weighted by Gasteiger charge is 2.25. The lowest BCUT2D eigenvalue weighted by Crippen LogP contribution is -2.31. The van der Waals surface area contributed by atoms with Crippen molar-refractivity contribution in [3.05, 3.63) is 46.2 Å². The van der Waals surface area contributed by atoms with Gasteiger partial charge in [0.15, 0.2) is 0 Å². The van der Waals surface area contributed by atoms with Crippen molar-refractivity contribution >= 4 is 17.5 Å². The third-order valence-corrected chi connectivity index (χ3v) is 3.69. The lowest BCUT2D eigenvalue weighted by molar-refractivity contribution is 0.0941. The maximum atomic E-state index is 12.5. The van der Waals surface area contributed by atoms with E-state index in [0.717, 1.165) is 11.4 Å². The molecule has 0 atom stereocenters. The van der Waals surface area contributed by atoms with E-state index >= 15 is 0 Å². The second kappa shape index (κ2) is 6.53. The van der Waals surface area contributed by atoms with Crippen LogP contribution in [0, 0.1) is 6.92 Å². The van der Waals surface area contributed by atoms with Gasteiger partial charge in [-0.3, -0.25) is 4.79 Å². The molecule has 0 radical (unpaired) electrons. The van der Waals surface area contributed by atoms with Crippen LogP contribution in [0.2, 0.25) is 5.02 Å². The van der Waals surface area contributed by atoms with Crippen LogP contribution < -0.4 is 5.32 Å². The fraction of sp³-hybridized carbons (Fsp3) is 0.412. The van der Waals surface area contributed by atoms with Gasteiger partial charge >= 0.3 is 0 Å². The Morgan fingerprint density at radius 2 is 1.86 bits per heavy atom. The second-order valence-electron chi connectivity index (χ2n) is 5.99. The van der Waals surface area contributed by atoms with Crippen molar-refractivity contribution in [2.24, 2.45) is 0 Å². The molecule has 0 saturated carbocycles. The predicted molar refractivity (Wildman–Crippen MR) is 90.0 cm³/mol. The Kier molecular flexibility index (Phi) is 4.91. The Bertz CT molecular complexity index is 689. The normalized spacial score (nSPS) is 11.3. The topological polar surface area (TPSA) is 46.9 Å². The summed E-state index contributed by atoms with van der Waals surface area (Å²) in [6.07, 6.45) is 0. The first kappa shape index (κ1) is 16.6. The van der Waals surface area contributed by atoms with Crippen LogP contribution >= 0.6 is 11.6 Å². The summed E-state index contributed by atoms with van der Waals surface area (Å²) in [5, 5.41) is 8.13. The number of amides is 1. The molecule has 0 aliphatic carbocycles. The number of carbonyl (C=O) groups excluding carboxylic acids is 1. The van der Waals surface area contributed by atoms with Crippen molar-refractivity contribution in [1.29, 1.82) is 0 Å². The van der Waals surface area contributed by atoms with Gasteiger partial charge in [0, 0.05) is 6.04 Å². The highest BCUT2D eigenvalue weighted by molar-refractivity contribution is 6.32. The number of carbonyl (C=O) groups is 1. The van der Waals surface area contributed by atoms with Crippen LogP contribution in [-0.4, -0.2) is 21.7 Å². The van der Waals surface area contributed by atoms with Crippen molar-refractivity contribution in [3.8, 4) is 5.69 Å². The molecule has 0 bridgehead atoms. The van der Waals surface area contributed by atoms with E-state index in [0.29, 0.717) is 16.3 Å². The van der Waals surface area contributed by atoms with Crippen LogP contribution in [0.1, 0.15) is 55.4 Å². The van der Waals surface area contributed by atoms with Crippen LogP contribution in [-0.2, 0) is 0 Å². The molecule has 0 fully saturated rings. The molecule has 1 aromatic carbocycles. The van der Waals surface area contributed by atoms with Crippen molar-refractivity contribution in [1.82, 2.24) is 15.1 Å². The first-order valence-electron chi connectivity index (χ1n) is 7.48. The molecular formula is C17H22ClN3O. The number of nitrogens with zero attached hydrogens (tertiary/aromatic N) is 2. The molecule has 4 nitrogen and oxygen atoms in total. The minimum absolute atomic E-state index is 0.0792. The number of para-hydroxylation sites is 1. The SMILES string of the molecule is Cc1nn(-c2ccccc2Cl)c(C(C)C)c1C(=O)NC(C)C. The summed E-state index contributed by atoms with van der Waals surface area (Å²) in [6.45, 7) is 9.85. The van der Waals surface area contributed by atoms with Crippen molar-refractivity contribution in [2.75, 3.05) is 0 Å². The number of hydrogen-bond donors (Lipinski definition) is 1. The highest BCUT2D eigenvalue weighted by Crippen LogP contribution is 2.29. The molecular weight excluding hydrogens is 298 g/mol. The van der Waals surface area contributed by atoms with E-state index < -0.39 is 0 Å². The zero-order valence-corrected chi connectivity index (χ0v) is 14.4. The Morgan fingerprint density at radius 1 is 1.23 bits per heavy atom. The maximum absolute atomic E-state index is 12.5. The first-order chi connectivity index (χ1) is 10.3. The van der Waals surface area contributed by atoms with Crippen molar-refractivity contribution in [3.63, 3.8) is 0 Å². The quantitative estimate of drug-likeness (QED) is 0.922. The standard InChI is InChI=1S/C17H22ClN3O/c1-10(2)16-15(17(22)19-11(3)4)12(5)20-21(16)14-9-7-6-8-13(14)18/h6-11H,1-5H3,(H,19,22). The molecule has 1 amide bonds. The lowest BCUT2D eigenvalue weighted by atomic mass is 10.0. The molecule has 0 aliphatic heterocycles. The molecule has 5 heteroatoms. The number of aromatic nitrogens is 2. The largest absolute Gasteiger partial charge is 0.350 e. The molecule has 22 heavy (non-hydrogen) atoms. The summed E-state index contributed by atoms with van der Waals surface area (Å²) in [4.78, 5) is 12.5. The van der Waals surface area contributed by atoms with Gasteiger partial charge < -0.3 is 5.32 Å². The van der Waals surface area contributed by atoms with E-state index in [9.17, 15) is 4.79 Å². The summed E-state index contributed by atoms with van der Waals surface area (Å²) in [5.41, 5.74) is 3.02. The van der Waals surface area contributed by atoms with E-state index in [4.69, 9.17) is 11.6 Å². The summed E-state index contributed by atoms with van der Waals surface area (Å²) in [7, 11) is 0. The number of halogens is 1. The summed E-state index contributed by atoms with van der Waals surface area (Å²) in [5.74, 6) is 0.0555. The molecule has 118 valence electrons. The summed E-state index contributed by atoms with van der Waals surface area (Å²) < 4.78 is 1.79. The van der Waals surface area contributed by atoms with Crippen LogP contribution in [0.25, 0.3) is 5.69 Å². The molecule has 0 aliphatic rings. The van der Waals surface area contributed by atoms with E-state index in [1.54, 1.807) is 4.68 Å². The van der Waals surface area contributed by atoms with Gasteiger partial charge in [0.2, 0.25) is 0 Å². The van der Waals surface area contributed by atoms with E-state index in [1.807, 2.05) is 45.0 Å². The predicted octanol–water partition coefficient (Wildman–Crippen LogP) is 4.10. The van der Waals surface area contributed by atoms with Crippen LogP contribution in [0.15, 0.2) is 24.3 Å². The fourth-order valence-electron chi connectivity index (χ4n) is 2.50. The summed E-state index contributed by atoms with van der Waals surface area (Å²) in [6, 6.07) is 7.60. The Hall–Kier alpha value is -1.81. The average molecular weight is 320 g/mol. The molecule has 1 N–H and O–H groups in total. The fourth-order valence-corrected chi connectivity index (χ4v) is 2.72. The van der Waals surface area contributed by atoms with Crippen LogP contribution in [0.3, 0.4) is 0 Å². The second-order valence-corrected chi connectivity index (χ2v) is 6.40. The van der Waals surface area contributed by atoms with Gasteiger partial charge in [0.1, 0.15) is 0 Å². The first-order valence-corrected chi connectivity index (χ1v) is 7.86. The molecule has 2 aromatic rings. The van der Waals surface area contributed by atoms with Crippen molar-refractivity contribution in [2.45, 2.75) is 46.6 Å². The Labute approximate surface area is 136 Å². The van der Waals surface area contributed by atoms with Gasteiger partial charge in [-0.2, -0.15) is 5.10 Å². The number of benzene rings is 1. The number of hydrogen-bond acceptors (Lipinski definition) is 2. The molecule has 1 aromatic heterocycles. The molecule has 1 heterocycles. The van der Waals surface area contributed by atoms with E-state index in [2.05, 4.69) is 24.3 Å². The Balaban J connectivity index is 2.63. The highest BCUT2D eigenvalue weighted by atomic mass is 35.5. The minimum Gasteiger partial charge on any atom is -0.350 e. The van der Waals surface area contributed by atoms with Crippen LogP contribution in [0.4, 0.5) is 0 Å². The molecule has 0 unspecified atom stereocenters. The minimum atomic E-state index is -0.0884. The molecule has 2 rings (SSSR count). The third-order valence-electron chi connectivity index (χ3n) is 3.37. The zero-order chi connectivity index (χ0) is 16.4. The monoisotopic (exact) mass is 319 g/mol. The van der Waals surface area contributed by atoms with Gasteiger partial charge in [-0.15, -0.1) is 0 Å². The number of rotatable bonds is 4. The van der Waals surface area contributed by atoms with Gasteiger partial charge in [0.05, 0.1) is 27.7 Å². The third kappa shape index (κ3) is 3.17. The maximum Gasteiger partial charge on any atom is 0.255 e. The average Bonchev–Trinajstić information content (AvgIpc) is 2.76. The van der Waals surface area contributed by atoms with E-state index in [-0.39, 0.29) is 17.9 Å². The Morgan fingerprint density at radius 3 is 2.41 bits per heavy atom. The lowest BCUT2D eigenvalue weighted by Gasteiger charge is -2.14. The smallest absolute Gasteiger partial charge is 0.255 e. The van der Waals surface area contributed by atoms with Gasteiger partial charge in [-0.25, -0.2) is 4.68 Å². The van der Waals surface area contributed by atoms with Gasteiger partial charge in [-0.05, 0) is 38.8 Å². The van der Waals surface area contributed by atoms with Crippen LogP contribution in [0.5, 0.6) is 0 Å². The number of nitrogens with one attached hydrogen (secondary N) is 1. The number of aryl methyl sites for hydroxylation is 1. The van der Waals surface area contributed by atoms with E-state index in [1.165, 1.54) is 0 Å². The molecule has 0 saturated heterocycles. The summed E-state index contributed by atoms with van der Waals surface area (Å²) >= 11 is 6.30. The van der Waals surface area contributed by atoms with Gasteiger partial charge in [-0.1, -0.05) is 37.6 Å². The van der Waals surface area contributed by atoms with Gasteiger partial charge in [0.25, 0.3) is 5.91 Å². The molecule has 0 spiro atoms. The van der Waals surface area contributed by atoms with Crippen molar-refractivity contribution < 1.29 is 4.79 Å².